The smallest absolute Gasteiger partial charge is 0.350 e. The first-order chi connectivity index (χ1) is 8.97. The number of anilines is 1. The van der Waals surface area contributed by atoms with Crippen molar-refractivity contribution in [2.75, 3.05) is 12.3 Å². The first-order valence-electron chi connectivity index (χ1n) is 5.91. The summed E-state index contributed by atoms with van der Waals surface area (Å²) in [6.45, 7) is 9.64. The number of thiophene rings is 1. The highest BCUT2D eigenvalue weighted by atomic mass is 32.1. The average Bonchev–Trinajstić information content (AvgIpc) is 2.70. The van der Waals surface area contributed by atoms with Gasteiger partial charge in [0.1, 0.15) is 16.3 Å². The Labute approximate surface area is 115 Å². The van der Waals surface area contributed by atoms with Gasteiger partial charge in [-0.25, -0.2) is 9.78 Å². The van der Waals surface area contributed by atoms with E-state index in [1.165, 1.54) is 17.4 Å². The van der Waals surface area contributed by atoms with E-state index in [0.717, 1.165) is 27.0 Å². The van der Waals surface area contributed by atoms with Gasteiger partial charge in [0.25, 0.3) is 0 Å². The van der Waals surface area contributed by atoms with E-state index in [2.05, 4.69) is 11.6 Å². The summed E-state index contributed by atoms with van der Waals surface area (Å²) in [4.78, 5) is 17.6. The minimum atomic E-state index is -0.421. The highest BCUT2D eigenvalue weighted by Gasteiger charge is 2.20. The zero-order chi connectivity index (χ0) is 14.2. The summed E-state index contributed by atoms with van der Waals surface area (Å²) in [5.74, 6) is -0.421. The molecule has 0 fully saturated rings. The van der Waals surface area contributed by atoms with Gasteiger partial charge in [-0.05, 0) is 31.9 Å². The first-order valence-corrected chi connectivity index (χ1v) is 6.72. The molecule has 2 heterocycles. The maximum Gasteiger partial charge on any atom is 0.350 e. The lowest BCUT2D eigenvalue weighted by Crippen LogP contribution is -2.05. The van der Waals surface area contributed by atoms with Gasteiger partial charge in [0.05, 0.1) is 5.69 Å². The number of carbonyl (C=O) groups excluding carboxylic acids is 1. The quantitative estimate of drug-likeness (QED) is 0.691. The molecule has 2 aromatic heterocycles. The van der Waals surface area contributed by atoms with E-state index in [-0.39, 0.29) is 6.61 Å². The molecule has 0 aliphatic heterocycles. The molecule has 0 unspecified atom stereocenters. The Hall–Kier alpha value is -1.88. The fourth-order valence-electron chi connectivity index (χ4n) is 1.92. The van der Waals surface area contributed by atoms with Crippen LogP contribution in [0.25, 0.3) is 10.2 Å². The molecule has 2 N–H and O–H groups in total. The number of nitrogens with zero attached hydrogens (tertiary/aromatic N) is 1. The predicted octanol–water partition coefficient (Wildman–Crippen LogP) is 3.15. The summed E-state index contributed by atoms with van der Waals surface area (Å²) in [6, 6.07) is 0. The number of hydrogen-bond acceptors (Lipinski definition) is 5. The van der Waals surface area contributed by atoms with E-state index >= 15 is 0 Å². The van der Waals surface area contributed by atoms with Gasteiger partial charge in [-0.3, -0.25) is 0 Å². The van der Waals surface area contributed by atoms with Crippen molar-refractivity contribution in [3.63, 3.8) is 0 Å². The van der Waals surface area contributed by atoms with E-state index < -0.39 is 5.97 Å². The van der Waals surface area contributed by atoms with Crippen molar-refractivity contribution in [3.8, 4) is 0 Å². The van der Waals surface area contributed by atoms with Gasteiger partial charge in [-0.15, -0.1) is 11.3 Å². The molecule has 2 aromatic rings. The van der Waals surface area contributed by atoms with Gasteiger partial charge in [-0.2, -0.15) is 0 Å². The maximum absolute atomic E-state index is 11.9. The second-order valence-corrected chi connectivity index (χ2v) is 5.36. The van der Waals surface area contributed by atoms with Crippen molar-refractivity contribution in [3.05, 3.63) is 34.4 Å². The molecule has 0 radical (unpaired) electrons. The van der Waals surface area contributed by atoms with E-state index in [1.54, 1.807) is 0 Å². The number of aromatic nitrogens is 1. The number of rotatable bonds is 3. The predicted molar refractivity (Wildman–Crippen MR) is 78.7 cm³/mol. The fraction of sp³-hybridized carbons (Fsp3) is 0.286. The van der Waals surface area contributed by atoms with Crippen LogP contribution in [0.2, 0.25) is 0 Å². The summed E-state index contributed by atoms with van der Waals surface area (Å²) in [5.41, 5.74) is 9.66. The molecular weight excluding hydrogens is 260 g/mol. The monoisotopic (exact) mass is 276 g/mol. The van der Waals surface area contributed by atoms with Crippen LogP contribution in [-0.2, 0) is 4.74 Å². The summed E-state index contributed by atoms with van der Waals surface area (Å²) < 4.78 is 5.03. The van der Waals surface area contributed by atoms with E-state index in [4.69, 9.17) is 10.5 Å². The number of aryl methyl sites for hydroxylation is 2. The molecule has 0 saturated heterocycles. The molecule has 0 aromatic carbocycles. The fourth-order valence-corrected chi connectivity index (χ4v) is 3.01. The summed E-state index contributed by atoms with van der Waals surface area (Å²) in [5, 5.41) is 0.860. The zero-order valence-electron chi connectivity index (χ0n) is 11.2. The Morgan fingerprint density at radius 1 is 1.42 bits per heavy atom. The lowest BCUT2D eigenvalue weighted by molar-refractivity contribution is 0.0556. The van der Waals surface area contributed by atoms with Gasteiger partial charge >= 0.3 is 5.97 Å². The van der Waals surface area contributed by atoms with Gasteiger partial charge in [-0.1, -0.05) is 12.7 Å². The third-order valence-electron chi connectivity index (χ3n) is 3.19. The number of ether oxygens (including phenoxy) is 1. The molecule has 0 bridgehead atoms. The number of hydrogen-bond donors (Lipinski definition) is 1. The number of carbonyl (C=O) groups is 1. The molecule has 100 valence electrons. The number of pyridine rings is 1. The standard InChI is InChI=1S/C14H16N2O2S/c1-5-6-18-14(17)12-11(15)10-8(3)7(2)9(4)16-13(10)19-12/h5H,1,6,15H2,2-4H3. The molecule has 0 atom stereocenters. The van der Waals surface area contributed by atoms with Gasteiger partial charge < -0.3 is 10.5 Å². The molecule has 0 aliphatic carbocycles. The van der Waals surface area contributed by atoms with Crippen LogP contribution in [0.1, 0.15) is 26.5 Å². The molecular formula is C14H16N2O2S. The van der Waals surface area contributed by atoms with Crippen molar-refractivity contribution >= 4 is 33.2 Å². The second-order valence-electron chi connectivity index (χ2n) is 4.36. The number of esters is 1. The summed E-state index contributed by atoms with van der Waals surface area (Å²) >= 11 is 1.27. The van der Waals surface area contributed by atoms with Crippen LogP contribution in [0.5, 0.6) is 0 Å². The van der Waals surface area contributed by atoms with Gasteiger partial charge in [0.15, 0.2) is 0 Å². The van der Waals surface area contributed by atoms with Crippen LogP contribution < -0.4 is 5.73 Å². The Morgan fingerprint density at radius 3 is 2.74 bits per heavy atom. The minimum absolute atomic E-state index is 0.178. The molecule has 0 amide bonds. The van der Waals surface area contributed by atoms with Crippen molar-refractivity contribution in [2.45, 2.75) is 20.8 Å². The SMILES string of the molecule is C=CCOC(=O)c1sc2nc(C)c(C)c(C)c2c1N. The highest BCUT2D eigenvalue weighted by Crippen LogP contribution is 2.36. The van der Waals surface area contributed by atoms with Crippen LogP contribution in [0.4, 0.5) is 5.69 Å². The van der Waals surface area contributed by atoms with E-state index in [9.17, 15) is 4.79 Å². The first kappa shape index (κ1) is 13.5. The third-order valence-corrected chi connectivity index (χ3v) is 4.27. The second kappa shape index (κ2) is 5.01. The van der Waals surface area contributed by atoms with E-state index in [0.29, 0.717) is 10.6 Å². The highest BCUT2D eigenvalue weighted by molar-refractivity contribution is 7.21. The maximum atomic E-state index is 11.9. The van der Waals surface area contributed by atoms with Crippen molar-refractivity contribution in [1.29, 1.82) is 0 Å². The Bertz CT molecular complexity index is 674. The van der Waals surface area contributed by atoms with Crippen molar-refractivity contribution in [2.24, 2.45) is 0 Å². The van der Waals surface area contributed by atoms with Crippen LogP contribution in [0, 0.1) is 20.8 Å². The van der Waals surface area contributed by atoms with E-state index in [1.807, 2.05) is 20.8 Å². The Balaban J connectivity index is 2.60. The minimum Gasteiger partial charge on any atom is -0.457 e. The van der Waals surface area contributed by atoms with Gasteiger partial charge in [0.2, 0.25) is 0 Å². The largest absolute Gasteiger partial charge is 0.457 e. The topological polar surface area (TPSA) is 65.2 Å². The lowest BCUT2D eigenvalue weighted by atomic mass is 10.1. The number of nitrogen functional groups attached to an aromatic ring is 1. The summed E-state index contributed by atoms with van der Waals surface area (Å²) in [7, 11) is 0. The Morgan fingerprint density at radius 2 is 2.11 bits per heavy atom. The number of nitrogens with two attached hydrogens (primary N) is 1. The molecule has 0 spiro atoms. The van der Waals surface area contributed by atoms with Crippen LogP contribution in [0.3, 0.4) is 0 Å². The summed E-state index contributed by atoms with van der Waals surface area (Å²) in [6.07, 6.45) is 1.53. The third kappa shape index (κ3) is 2.21. The zero-order valence-corrected chi connectivity index (χ0v) is 12.1. The van der Waals surface area contributed by atoms with Crippen LogP contribution in [0.15, 0.2) is 12.7 Å². The Kier molecular flexibility index (Phi) is 3.57. The molecule has 4 nitrogen and oxygen atoms in total. The lowest BCUT2D eigenvalue weighted by Gasteiger charge is -2.05. The molecule has 2 rings (SSSR count). The van der Waals surface area contributed by atoms with Crippen molar-refractivity contribution in [1.82, 2.24) is 4.98 Å². The molecule has 0 aliphatic rings. The van der Waals surface area contributed by atoms with Crippen molar-refractivity contribution < 1.29 is 9.53 Å². The van der Waals surface area contributed by atoms with Gasteiger partial charge in [0, 0.05) is 11.1 Å². The molecule has 0 saturated carbocycles. The molecule has 19 heavy (non-hydrogen) atoms. The normalized spacial score (nSPS) is 10.7. The van der Waals surface area contributed by atoms with Crippen LogP contribution >= 0.6 is 11.3 Å². The number of fused-ring (bicyclic) bond motifs is 1. The average molecular weight is 276 g/mol. The van der Waals surface area contributed by atoms with Crippen LogP contribution in [-0.4, -0.2) is 17.6 Å². The molecule has 5 heteroatoms.